The minimum Gasteiger partial charge on any atom is -0.444 e. The van der Waals surface area contributed by atoms with E-state index in [1.165, 1.54) is 6.07 Å². The summed E-state index contributed by atoms with van der Waals surface area (Å²) in [5, 5.41) is 5.76. The lowest BCUT2D eigenvalue weighted by molar-refractivity contribution is -0.123. The zero-order valence-corrected chi connectivity index (χ0v) is 17.5. The molecule has 0 aromatic heterocycles. The van der Waals surface area contributed by atoms with E-state index in [2.05, 4.69) is 10.6 Å². The Bertz CT molecular complexity index is 956. The Kier molecular flexibility index (Phi) is 6.10. The summed E-state index contributed by atoms with van der Waals surface area (Å²) < 4.78 is 32.7. The number of carbonyl (C=O) groups is 2. The molecule has 1 aliphatic carbocycles. The van der Waals surface area contributed by atoms with Gasteiger partial charge in [-0.05, 0) is 51.3 Å². The van der Waals surface area contributed by atoms with Crippen LogP contribution < -0.4 is 10.6 Å². The second kappa shape index (κ2) is 8.42. The van der Waals surface area contributed by atoms with E-state index >= 15 is 0 Å². The number of alkyl carbamates (subject to hydrolysis) is 1. The second-order valence-electron chi connectivity index (χ2n) is 8.53. The molecule has 30 heavy (non-hydrogen) atoms. The Labute approximate surface area is 174 Å². The first-order valence-electron chi connectivity index (χ1n) is 9.88. The summed E-state index contributed by atoms with van der Waals surface area (Å²) in [5.74, 6) is -2.70. The second-order valence-corrected chi connectivity index (χ2v) is 8.53. The molecule has 5 nitrogen and oxygen atoms in total. The lowest BCUT2D eigenvalue weighted by atomic mass is 9.98. The smallest absolute Gasteiger partial charge is 0.408 e. The monoisotopic (exact) mass is 416 g/mol. The highest BCUT2D eigenvalue weighted by molar-refractivity contribution is 5.84. The van der Waals surface area contributed by atoms with Crippen molar-refractivity contribution < 1.29 is 23.1 Å². The van der Waals surface area contributed by atoms with Crippen molar-refractivity contribution in [3.63, 3.8) is 0 Å². The van der Waals surface area contributed by atoms with Gasteiger partial charge in [-0.15, -0.1) is 0 Å². The zero-order valence-electron chi connectivity index (χ0n) is 17.5. The summed E-state index contributed by atoms with van der Waals surface area (Å²) in [4.78, 5) is 25.2. The molecule has 0 bridgehead atoms. The maximum atomic E-state index is 14.1. The summed E-state index contributed by atoms with van der Waals surface area (Å²) in [6.07, 6.45) is -0.0675. The Morgan fingerprint density at radius 3 is 2.47 bits per heavy atom. The number of ether oxygens (including phenoxy) is 1. The van der Waals surface area contributed by atoms with Crippen LogP contribution in [0.5, 0.6) is 0 Å². The van der Waals surface area contributed by atoms with Crippen LogP contribution in [0.4, 0.5) is 13.6 Å². The molecule has 2 N–H and O–H groups in total. The zero-order chi connectivity index (χ0) is 22.1. The van der Waals surface area contributed by atoms with Crippen LogP contribution in [0.3, 0.4) is 0 Å². The first kappa shape index (κ1) is 21.7. The number of nitrogens with one attached hydrogen (secondary N) is 2. The number of benzene rings is 2. The number of amides is 2. The SMILES string of the molecule is CC(C(=O)N[C@H]1Cc2ccccc2C1NC(=O)OC(C)(C)C)c1ccc(F)cc1F. The third kappa shape index (κ3) is 4.96. The van der Waals surface area contributed by atoms with Gasteiger partial charge in [0.1, 0.15) is 17.2 Å². The quantitative estimate of drug-likeness (QED) is 0.778. The highest BCUT2D eigenvalue weighted by atomic mass is 19.1. The van der Waals surface area contributed by atoms with Crippen molar-refractivity contribution in [3.05, 3.63) is 70.8 Å². The number of hydrogen-bond donors (Lipinski definition) is 2. The Morgan fingerprint density at radius 2 is 1.80 bits per heavy atom. The van der Waals surface area contributed by atoms with E-state index in [-0.39, 0.29) is 5.56 Å². The van der Waals surface area contributed by atoms with Crippen molar-refractivity contribution in [3.8, 4) is 0 Å². The molecular formula is C23H26F2N2O3. The molecule has 2 aromatic rings. The molecule has 2 aromatic carbocycles. The molecule has 160 valence electrons. The fraction of sp³-hybridized carbons (Fsp3) is 0.391. The van der Waals surface area contributed by atoms with Gasteiger partial charge >= 0.3 is 6.09 Å². The first-order valence-corrected chi connectivity index (χ1v) is 9.88. The highest BCUT2D eigenvalue weighted by Crippen LogP contribution is 2.32. The normalized spacial score (nSPS) is 19.0. The van der Waals surface area contributed by atoms with Crippen molar-refractivity contribution in [2.24, 2.45) is 0 Å². The van der Waals surface area contributed by atoms with E-state index in [1.54, 1.807) is 27.7 Å². The average molecular weight is 416 g/mol. The molecule has 3 rings (SSSR count). The minimum atomic E-state index is -0.823. The largest absolute Gasteiger partial charge is 0.444 e. The van der Waals surface area contributed by atoms with Gasteiger partial charge in [-0.2, -0.15) is 0 Å². The predicted molar refractivity (Wildman–Crippen MR) is 109 cm³/mol. The van der Waals surface area contributed by atoms with Crippen molar-refractivity contribution in [2.75, 3.05) is 0 Å². The Hall–Kier alpha value is -2.96. The van der Waals surface area contributed by atoms with E-state index in [0.717, 1.165) is 23.3 Å². The van der Waals surface area contributed by atoms with Crippen LogP contribution >= 0.6 is 0 Å². The molecule has 7 heteroatoms. The molecular weight excluding hydrogens is 390 g/mol. The van der Waals surface area contributed by atoms with Gasteiger partial charge in [-0.25, -0.2) is 13.6 Å². The third-order valence-electron chi connectivity index (χ3n) is 5.05. The lowest BCUT2D eigenvalue weighted by Gasteiger charge is -2.27. The molecule has 2 unspecified atom stereocenters. The highest BCUT2D eigenvalue weighted by Gasteiger charge is 2.36. The number of halogens is 2. The van der Waals surface area contributed by atoms with Crippen LogP contribution in [0.15, 0.2) is 42.5 Å². The maximum Gasteiger partial charge on any atom is 0.408 e. The van der Waals surface area contributed by atoms with Crippen molar-refractivity contribution in [2.45, 2.75) is 57.7 Å². The maximum absolute atomic E-state index is 14.1. The fourth-order valence-corrected chi connectivity index (χ4v) is 3.64. The number of hydrogen-bond acceptors (Lipinski definition) is 3. The summed E-state index contributed by atoms with van der Waals surface area (Å²) in [6.45, 7) is 6.87. The van der Waals surface area contributed by atoms with Crippen LogP contribution in [0.25, 0.3) is 0 Å². The summed E-state index contributed by atoms with van der Waals surface area (Å²) in [7, 11) is 0. The molecule has 0 saturated carbocycles. The standard InChI is InChI=1S/C23H26F2N2O3/c1-13(16-10-9-15(24)12-18(16)25)21(28)26-19-11-14-7-5-6-8-17(14)20(19)27-22(29)30-23(2,3)4/h5-10,12-13,19-20H,11H2,1-4H3,(H,26,28)(H,27,29)/t13?,19-,20?/m0/s1. The van der Waals surface area contributed by atoms with Crippen LogP contribution in [0.2, 0.25) is 0 Å². The van der Waals surface area contributed by atoms with Crippen LogP contribution in [0.1, 0.15) is 56.3 Å². The van der Waals surface area contributed by atoms with Gasteiger partial charge in [0.05, 0.1) is 18.0 Å². The number of fused-ring (bicyclic) bond motifs is 1. The molecule has 2 amide bonds. The summed E-state index contributed by atoms with van der Waals surface area (Å²) in [5.41, 5.74) is 1.36. The van der Waals surface area contributed by atoms with E-state index < -0.39 is 47.2 Å². The van der Waals surface area contributed by atoms with E-state index in [9.17, 15) is 18.4 Å². The lowest BCUT2D eigenvalue weighted by Crippen LogP contribution is -2.46. The molecule has 0 spiro atoms. The number of carbonyl (C=O) groups excluding carboxylic acids is 2. The molecule has 0 saturated heterocycles. The van der Waals surface area contributed by atoms with Gasteiger partial charge in [0, 0.05) is 11.6 Å². The summed E-state index contributed by atoms with van der Waals surface area (Å²) >= 11 is 0. The fourth-order valence-electron chi connectivity index (χ4n) is 3.64. The molecule has 1 aliphatic rings. The molecule has 0 fully saturated rings. The minimum absolute atomic E-state index is 0.112. The predicted octanol–water partition coefficient (Wildman–Crippen LogP) is 4.38. The summed E-state index contributed by atoms with van der Waals surface area (Å²) in [6, 6.07) is 9.85. The van der Waals surface area contributed by atoms with Gasteiger partial charge in [-0.3, -0.25) is 4.79 Å². The van der Waals surface area contributed by atoms with Crippen molar-refractivity contribution in [1.82, 2.24) is 10.6 Å². The van der Waals surface area contributed by atoms with E-state index in [4.69, 9.17) is 4.74 Å². The van der Waals surface area contributed by atoms with Gasteiger partial charge in [0.15, 0.2) is 0 Å². The molecule has 0 heterocycles. The van der Waals surface area contributed by atoms with Crippen LogP contribution in [0, 0.1) is 11.6 Å². The Balaban J connectivity index is 1.77. The van der Waals surface area contributed by atoms with E-state index in [0.29, 0.717) is 6.42 Å². The van der Waals surface area contributed by atoms with Gasteiger partial charge in [0.25, 0.3) is 0 Å². The van der Waals surface area contributed by atoms with Crippen molar-refractivity contribution >= 4 is 12.0 Å². The topological polar surface area (TPSA) is 67.4 Å². The first-order chi connectivity index (χ1) is 14.0. The molecule has 0 radical (unpaired) electrons. The van der Waals surface area contributed by atoms with Crippen molar-refractivity contribution in [1.29, 1.82) is 0 Å². The molecule has 3 atom stereocenters. The Morgan fingerprint density at radius 1 is 1.10 bits per heavy atom. The average Bonchev–Trinajstić information content (AvgIpc) is 2.97. The van der Waals surface area contributed by atoms with E-state index in [1.807, 2.05) is 24.3 Å². The molecule has 0 aliphatic heterocycles. The van der Waals surface area contributed by atoms with Gasteiger partial charge in [0.2, 0.25) is 5.91 Å². The van der Waals surface area contributed by atoms with Crippen LogP contribution in [-0.2, 0) is 16.0 Å². The van der Waals surface area contributed by atoms with Gasteiger partial charge in [-0.1, -0.05) is 30.3 Å². The number of rotatable bonds is 4. The third-order valence-corrected chi connectivity index (χ3v) is 5.05. The van der Waals surface area contributed by atoms with Gasteiger partial charge < -0.3 is 15.4 Å². The van der Waals surface area contributed by atoms with Crippen LogP contribution in [-0.4, -0.2) is 23.6 Å².